The van der Waals surface area contributed by atoms with Crippen LogP contribution in [0.3, 0.4) is 0 Å². The largest absolute Gasteiger partial charge is 0.456 e. The molecule has 18 heavy (non-hydrogen) atoms. The highest BCUT2D eigenvalue weighted by atomic mass is 16.3. The van der Waals surface area contributed by atoms with Gasteiger partial charge in [-0.15, -0.1) is 0 Å². The Morgan fingerprint density at radius 2 is 2.28 bits per heavy atom. The monoisotopic (exact) mass is 246 g/mol. The van der Waals surface area contributed by atoms with E-state index < -0.39 is 0 Å². The Hall–Kier alpha value is -2.14. The van der Waals surface area contributed by atoms with Crippen molar-refractivity contribution in [3.63, 3.8) is 0 Å². The van der Waals surface area contributed by atoms with E-state index in [4.69, 9.17) is 9.52 Å². The predicted molar refractivity (Wildman–Crippen MR) is 66.3 cm³/mol. The van der Waals surface area contributed by atoms with Crippen molar-refractivity contribution in [2.24, 2.45) is 0 Å². The molecule has 2 heterocycles. The molecule has 0 bridgehead atoms. The maximum Gasteiger partial charge on any atom is 0.291 e. The number of aliphatic hydroxyl groups excluding tert-OH is 1. The van der Waals surface area contributed by atoms with Crippen LogP contribution in [0.5, 0.6) is 0 Å². The van der Waals surface area contributed by atoms with Gasteiger partial charge in [-0.25, -0.2) is 0 Å². The van der Waals surface area contributed by atoms with E-state index in [0.29, 0.717) is 17.0 Å². The van der Waals surface area contributed by atoms with Gasteiger partial charge in [0, 0.05) is 11.8 Å². The van der Waals surface area contributed by atoms with E-state index in [1.807, 2.05) is 6.92 Å². The van der Waals surface area contributed by atoms with Gasteiger partial charge in [0.2, 0.25) is 0 Å². The SMILES string of the molecule is Cc1cc(C(=O)Nc2cnccc2CO)oc1C. The molecule has 0 atom stereocenters. The van der Waals surface area contributed by atoms with Crippen molar-refractivity contribution < 1.29 is 14.3 Å². The quantitative estimate of drug-likeness (QED) is 0.869. The number of amides is 1. The van der Waals surface area contributed by atoms with Crippen LogP contribution in [-0.4, -0.2) is 16.0 Å². The molecule has 0 radical (unpaired) electrons. The summed E-state index contributed by atoms with van der Waals surface area (Å²) >= 11 is 0. The van der Waals surface area contributed by atoms with E-state index in [1.54, 1.807) is 25.3 Å². The molecule has 0 unspecified atom stereocenters. The minimum Gasteiger partial charge on any atom is -0.456 e. The van der Waals surface area contributed by atoms with Gasteiger partial charge < -0.3 is 14.8 Å². The third-order valence-corrected chi connectivity index (χ3v) is 2.72. The molecule has 2 aromatic rings. The highest BCUT2D eigenvalue weighted by Gasteiger charge is 2.14. The molecule has 0 aliphatic carbocycles. The number of aliphatic hydroxyl groups is 1. The third kappa shape index (κ3) is 2.41. The summed E-state index contributed by atoms with van der Waals surface area (Å²) in [5.74, 6) is 0.611. The Kier molecular flexibility index (Phi) is 3.43. The number of rotatable bonds is 3. The third-order valence-electron chi connectivity index (χ3n) is 2.72. The van der Waals surface area contributed by atoms with Crippen LogP contribution in [0.2, 0.25) is 0 Å². The Balaban J connectivity index is 2.21. The van der Waals surface area contributed by atoms with Gasteiger partial charge in [-0.3, -0.25) is 9.78 Å². The first kappa shape index (κ1) is 12.3. The highest BCUT2D eigenvalue weighted by molar-refractivity contribution is 6.02. The van der Waals surface area contributed by atoms with E-state index in [9.17, 15) is 4.79 Å². The molecule has 94 valence electrons. The van der Waals surface area contributed by atoms with Crippen molar-refractivity contribution >= 4 is 11.6 Å². The van der Waals surface area contributed by atoms with Gasteiger partial charge in [0.1, 0.15) is 5.76 Å². The van der Waals surface area contributed by atoms with Crippen molar-refractivity contribution in [3.05, 3.63) is 47.2 Å². The Morgan fingerprint density at radius 1 is 1.50 bits per heavy atom. The van der Waals surface area contributed by atoms with Crippen LogP contribution in [0.4, 0.5) is 5.69 Å². The Labute approximate surface area is 104 Å². The number of aromatic nitrogens is 1. The first-order valence-corrected chi connectivity index (χ1v) is 5.54. The van der Waals surface area contributed by atoms with Gasteiger partial charge in [-0.05, 0) is 31.5 Å². The lowest BCUT2D eigenvalue weighted by atomic mass is 10.2. The number of hydrogen-bond acceptors (Lipinski definition) is 4. The normalized spacial score (nSPS) is 10.4. The van der Waals surface area contributed by atoms with Crippen LogP contribution in [0.1, 0.15) is 27.4 Å². The molecule has 5 heteroatoms. The number of aryl methyl sites for hydroxylation is 2. The standard InChI is InChI=1S/C13H14N2O3/c1-8-5-12(18-9(8)2)13(17)15-11-6-14-4-3-10(11)7-16/h3-6,16H,7H2,1-2H3,(H,15,17). The minimum atomic E-state index is -0.353. The lowest BCUT2D eigenvalue weighted by Gasteiger charge is -2.06. The molecule has 5 nitrogen and oxygen atoms in total. The number of pyridine rings is 1. The van der Waals surface area contributed by atoms with Crippen LogP contribution in [0.15, 0.2) is 28.9 Å². The maximum atomic E-state index is 11.9. The fraction of sp³-hybridized carbons (Fsp3) is 0.231. The molecule has 0 aliphatic rings. The average molecular weight is 246 g/mol. The second-order valence-electron chi connectivity index (χ2n) is 3.99. The Morgan fingerprint density at radius 3 is 2.89 bits per heavy atom. The summed E-state index contributed by atoms with van der Waals surface area (Å²) in [6.07, 6.45) is 3.05. The molecular weight excluding hydrogens is 232 g/mol. The summed E-state index contributed by atoms with van der Waals surface area (Å²) in [7, 11) is 0. The van der Waals surface area contributed by atoms with Crippen LogP contribution in [0.25, 0.3) is 0 Å². The second kappa shape index (κ2) is 5.01. The molecule has 2 rings (SSSR count). The predicted octanol–water partition coefficient (Wildman–Crippen LogP) is 2.04. The van der Waals surface area contributed by atoms with E-state index >= 15 is 0 Å². The van der Waals surface area contributed by atoms with Gasteiger partial charge in [-0.2, -0.15) is 0 Å². The summed E-state index contributed by atoms with van der Waals surface area (Å²) in [6.45, 7) is 3.52. The molecule has 1 amide bonds. The summed E-state index contributed by atoms with van der Waals surface area (Å²) in [6, 6.07) is 3.33. The van der Waals surface area contributed by atoms with Crippen LogP contribution < -0.4 is 5.32 Å². The molecule has 0 aliphatic heterocycles. The molecule has 0 saturated carbocycles. The van der Waals surface area contributed by atoms with Crippen molar-refractivity contribution in [2.45, 2.75) is 20.5 Å². The molecule has 2 N–H and O–H groups in total. The first-order valence-electron chi connectivity index (χ1n) is 5.54. The number of hydrogen-bond donors (Lipinski definition) is 2. The van der Waals surface area contributed by atoms with Crippen LogP contribution >= 0.6 is 0 Å². The first-order chi connectivity index (χ1) is 8.61. The molecule has 2 aromatic heterocycles. The van der Waals surface area contributed by atoms with Crippen molar-refractivity contribution in [2.75, 3.05) is 5.32 Å². The number of carbonyl (C=O) groups excluding carboxylic acids is 1. The zero-order valence-electron chi connectivity index (χ0n) is 10.2. The van der Waals surface area contributed by atoms with Gasteiger partial charge in [0.15, 0.2) is 5.76 Å². The lowest BCUT2D eigenvalue weighted by molar-refractivity contribution is 0.0995. The summed E-state index contributed by atoms with van der Waals surface area (Å²) in [4.78, 5) is 15.8. The topological polar surface area (TPSA) is 75.4 Å². The number of nitrogens with zero attached hydrogens (tertiary/aromatic N) is 1. The van der Waals surface area contributed by atoms with Crippen molar-refractivity contribution in [1.82, 2.24) is 4.98 Å². The smallest absolute Gasteiger partial charge is 0.291 e. The van der Waals surface area contributed by atoms with Gasteiger partial charge in [0.05, 0.1) is 18.5 Å². The van der Waals surface area contributed by atoms with Crippen LogP contribution in [0, 0.1) is 13.8 Å². The molecule has 0 saturated heterocycles. The zero-order valence-corrected chi connectivity index (χ0v) is 10.2. The van der Waals surface area contributed by atoms with Gasteiger partial charge in [0.25, 0.3) is 5.91 Å². The summed E-state index contributed by atoms with van der Waals surface area (Å²) < 4.78 is 5.33. The average Bonchev–Trinajstić information content (AvgIpc) is 2.70. The van der Waals surface area contributed by atoms with Crippen molar-refractivity contribution in [1.29, 1.82) is 0 Å². The van der Waals surface area contributed by atoms with E-state index in [2.05, 4.69) is 10.3 Å². The minimum absolute atomic E-state index is 0.158. The number of carbonyl (C=O) groups is 1. The lowest BCUT2D eigenvalue weighted by Crippen LogP contribution is -2.12. The van der Waals surface area contributed by atoms with Gasteiger partial charge in [-0.1, -0.05) is 0 Å². The molecule has 0 spiro atoms. The van der Waals surface area contributed by atoms with Gasteiger partial charge >= 0.3 is 0 Å². The number of anilines is 1. The Bertz CT molecular complexity index is 556. The van der Waals surface area contributed by atoms with E-state index in [1.165, 1.54) is 6.20 Å². The van der Waals surface area contributed by atoms with Crippen LogP contribution in [-0.2, 0) is 6.61 Å². The second-order valence-corrected chi connectivity index (χ2v) is 3.99. The van der Waals surface area contributed by atoms with Crippen molar-refractivity contribution in [3.8, 4) is 0 Å². The van der Waals surface area contributed by atoms with E-state index in [0.717, 1.165) is 5.56 Å². The fourth-order valence-corrected chi connectivity index (χ4v) is 1.54. The highest BCUT2D eigenvalue weighted by Crippen LogP contribution is 2.17. The zero-order chi connectivity index (χ0) is 13.1. The maximum absolute atomic E-state index is 11.9. The fourth-order valence-electron chi connectivity index (χ4n) is 1.54. The summed E-state index contributed by atoms with van der Waals surface area (Å²) in [5.41, 5.74) is 2.02. The summed E-state index contributed by atoms with van der Waals surface area (Å²) in [5, 5.41) is 11.8. The van der Waals surface area contributed by atoms with E-state index in [-0.39, 0.29) is 18.3 Å². The number of furan rings is 1. The molecular formula is C13H14N2O3. The molecule has 0 fully saturated rings. The molecule has 0 aromatic carbocycles. The number of nitrogens with one attached hydrogen (secondary N) is 1.